The molecule has 0 aliphatic carbocycles. The van der Waals surface area contributed by atoms with Crippen molar-refractivity contribution >= 4 is 39.3 Å². The summed E-state index contributed by atoms with van der Waals surface area (Å²) in [4.78, 5) is 0. The third kappa shape index (κ3) is 3.52. The van der Waals surface area contributed by atoms with E-state index in [-0.39, 0.29) is 0 Å². The molecule has 0 fully saturated rings. The van der Waals surface area contributed by atoms with Crippen LogP contribution in [0.2, 0.25) is 5.02 Å². The van der Waals surface area contributed by atoms with E-state index in [1.165, 1.54) is 0 Å². The van der Waals surface area contributed by atoms with Crippen LogP contribution in [0.25, 0.3) is 11.8 Å². The van der Waals surface area contributed by atoms with E-state index >= 15 is 0 Å². The Hall–Kier alpha value is -2.18. The molecule has 0 aliphatic rings. The van der Waals surface area contributed by atoms with Crippen LogP contribution < -0.4 is 5.32 Å². The zero-order valence-corrected chi connectivity index (χ0v) is 13.7. The molecule has 0 aliphatic heterocycles. The third-order valence-corrected chi connectivity index (χ3v) is 3.67. The molecule has 22 heavy (non-hydrogen) atoms. The second kappa shape index (κ2) is 6.72. The van der Waals surface area contributed by atoms with Crippen molar-refractivity contribution in [1.82, 2.24) is 20.2 Å². The Kier molecular flexibility index (Phi) is 4.50. The van der Waals surface area contributed by atoms with Gasteiger partial charge in [0, 0.05) is 27.5 Å². The lowest BCUT2D eigenvalue weighted by molar-refractivity contribution is 0.787. The van der Waals surface area contributed by atoms with Crippen molar-refractivity contribution in [3.63, 3.8) is 0 Å². The molecule has 2 aromatic carbocycles. The van der Waals surface area contributed by atoms with E-state index in [2.05, 4.69) is 36.8 Å². The predicted octanol–water partition coefficient (Wildman–Crippen LogP) is 4.16. The van der Waals surface area contributed by atoms with E-state index in [0.717, 1.165) is 15.8 Å². The lowest BCUT2D eigenvalue weighted by Gasteiger charge is -2.02. The molecule has 1 heterocycles. The molecule has 1 aromatic heterocycles. The van der Waals surface area contributed by atoms with Gasteiger partial charge < -0.3 is 5.32 Å². The number of anilines is 1. The van der Waals surface area contributed by atoms with Crippen LogP contribution in [0.15, 0.2) is 59.2 Å². The molecule has 0 amide bonds. The number of aromatic nitrogens is 4. The number of rotatable bonds is 4. The zero-order chi connectivity index (χ0) is 15.4. The van der Waals surface area contributed by atoms with E-state index in [9.17, 15) is 0 Å². The standard InChI is InChI=1S/C15H11BrClN5/c16-11-1-5-13(6-2-11)18-10-9-15-19-20-21-22(15)14-7-3-12(17)4-8-14/h1-10,18H. The summed E-state index contributed by atoms with van der Waals surface area (Å²) in [5, 5.41) is 15.5. The summed E-state index contributed by atoms with van der Waals surface area (Å²) in [6, 6.07) is 15.2. The van der Waals surface area contributed by atoms with Gasteiger partial charge in [0.15, 0.2) is 5.82 Å². The number of nitrogens with one attached hydrogen (secondary N) is 1. The molecule has 5 nitrogen and oxygen atoms in total. The van der Waals surface area contributed by atoms with Gasteiger partial charge in [-0.2, -0.15) is 4.68 Å². The average molecular weight is 377 g/mol. The van der Waals surface area contributed by atoms with Crippen LogP contribution in [0.4, 0.5) is 5.69 Å². The van der Waals surface area contributed by atoms with Gasteiger partial charge in [0.2, 0.25) is 0 Å². The van der Waals surface area contributed by atoms with Crippen LogP contribution >= 0.6 is 27.5 Å². The highest BCUT2D eigenvalue weighted by molar-refractivity contribution is 9.10. The summed E-state index contributed by atoms with van der Waals surface area (Å²) in [5.74, 6) is 0.618. The van der Waals surface area contributed by atoms with Crippen LogP contribution in [0.5, 0.6) is 0 Å². The summed E-state index contributed by atoms with van der Waals surface area (Å²) in [7, 11) is 0. The topological polar surface area (TPSA) is 55.6 Å². The van der Waals surface area contributed by atoms with Gasteiger partial charge in [0.05, 0.1) is 5.69 Å². The lowest BCUT2D eigenvalue weighted by atomic mass is 10.3. The highest BCUT2D eigenvalue weighted by atomic mass is 79.9. The SMILES string of the molecule is Clc1ccc(-n2nnnc2C=CNc2ccc(Br)cc2)cc1. The van der Waals surface area contributed by atoms with Gasteiger partial charge >= 0.3 is 0 Å². The summed E-state index contributed by atoms with van der Waals surface area (Å²) in [5.41, 5.74) is 1.82. The number of nitrogens with zero attached hydrogens (tertiary/aromatic N) is 4. The Morgan fingerprint density at radius 1 is 1.05 bits per heavy atom. The molecule has 0 saturated heterocycles. The Morgan fingerprint density at radius 2 is 1.77 bits per heavy atom. The second-order valence-electron chi connectivity index (χ2n) is 4.41. The second-order valence-corrected chi connectivity index (χ2v) is 5.76. The first-order valence-electron chi connectivity index (χ1n) is 6.45. The number of halogens is 2. The van der Waals surface area contributed by atoms with E-state index < -0.39 is 0 Å². The van der Waals surface area contributed by atoms with E-state index in [0.29, 0.717) is 10.8 Å². The minimum Gasteiger partial charge on any atom is -0.362 e. The highest BCUT2D eigenvalue weighted by Crippen LogP contribution is 2.15. The lowest BCUT2D eigenvalue weighted by Crippen LogP contribution is -1.99. The minimum atomic E-state index is 0.618. The summed E-state index contributed by atoms with van der Waals surface area (Å²) in [6.07, 6.45) is 3.60. The van der Waals surface area contributed by atoms with Crippen molar-refractivity contribution in [2.24, 2.45) is 0 Å². The minimum absolute atomic E-state index is 0.618. The van der Waals surface area contributed by atoms with Crippen molar-refractivity contribution in [3.8, 4) is 5.69 Å². The van der Waals surface area contributed by atoms with Gasteiger partial charge in [-0.25, -0.2) is 0 Å². The Morgan fingerprint density at radius 3 is 2.50 bits per heavy atom. The number of benzene rings is 2. The van der Waals surface area contributed by atoms with Crippen LogP contribution in [0, 0.1) is 0 Å². The third-order valence-electron chi connectivity index (χ3n) is 2.89. The maximum atomic E-state index is 5.89. The highest BCUT2D eigenvalue weighted by Gasteiger charge is 2.04. The molecule has 1 N–H and O–H groups in total. The number of hydrogen-bond donors (Lipinski definition) is 1. The first kappa shape index (κ1) is 14.7. The molecule has 0 bridgehead atoms. The molecule has 110 valence electrons. The molecule has 0 spiro atoms. The molecule has 0 unspecified atom stereocenters. The first-order valence-corrected chi connectivity index (χ1v) is 7.62. The monoisotopic (exact) mass is 375 g/mol. The molecule has 0 atom stereocenters. The van der Waals surface area contributed by atoms with Gasteiger partial charge in [0.1, 0.15) is 0 Å². The molecule has 3 rings (SSSR count). The van der Waals surface area contributed by atoms with Crippen LogP contribution in [0.3, 0.4) is 0 Å². The molecule has 7 heteroatoms. The van der Waals surface area contributed by atoms with Gasteiger partial charge in [-0.1, -0.05) is 27.5 Å². The Balaban J connectivity index is 1.76. The fraction of sp³-hybridized carbons (Fsp3) is 0. The summed E-state index contributed by atoms with van der Waals surface area (Å²) in [6.45, 7) is 0. The Labute approximate surface area is 140 Å². The van der Waals surface area contributed by atoms with Crippen molar-refractivity contribution in [1.29, 1.82) is 0 Å². The smallest absolute Gasteiger partial charge is 0.181 e. The van der Waals surface area contributed by atoms with E-state index in [1.807, 2.05) is 36.4 Å². The molecule has 0 saturated carbocycles. The van der Waals surface area contributed by atoms with E-state index in [4.69, 9.17) is 11.6 Å². The van der Waals surface area contributed by atoms with Crippen LogP contribution in [-0.2, 0) is 0 Å². The van der Waals surface area contributed by atoms with Crippen molar-refractivity contribution in [3.05, 3.63) is 70.1 Å². The maximum absolute atomic E-state index is 5.89. The molecular formula is C15H11BrClN5. The van der Waals surface area contributed by atoms with Gasteiger partial charge in [-0.05, 0) is 59.0 Å². The van der Waals surface area contributed by atoms with Gasteiger partial charge in [0.25, 0.3) is 0 Å². The quantitative estimate of drug-likeness (QED) is 0.743. The van der Waals surface area contributed by atoms with Gasteiger partial charge in [-0.3, -0.25) is 0 Å². The number of tetrazole rings is 1. The van der Waals surface area contributed by atoms with E-state index in [1.54, 1.807) is 29.1 Å². The van der Waals surface area contributed by atoms with Crippen molar-refractivity contribution < 1.29 is 0 Å². The molecule has 3 aromatic rings. The van der Waals surface area contributed by atoms with Crippen LogP contribution in [-0.4, -0.2) is 20.2 Å². The fourth-order valence-corrected chi connectivity index (χ4v) is 2.21. The fourth-order valence-electron chi connectivity index (χ4n) is 1.82. The first-order chi connectivity index (χ1) is 10.7. The van der Waals surface area contributed by atoms with Gasteiger partial charge in [-0.15, -0.1) is 5.10 Å². The molecular weight excluding hydrogens is 366 g/mol. The number of hydrogen-bond acceptors (Lipinski definition) is 4. The largest absolute Gasteiger partial charge is 0.362 e. The summed E-state index contributed by atoms with van der Waals surface area (Å²) >= 11 is 9.29. The normalized spacial score (nSPS) is 11.0. The maximum Gasteiger partial charge on any atom is 0.181 e. The summed E-state index contributed by atoms with van der Waals surface area (Å²) < 4.78 is 2.67. The predicted molar refractivity (Wildman–Crippen MR) is 91.0 cm³/mol. The van der Waals surface area contributed by atoms with Crippen molar-refractivity contribution in [2.75, 3.05) is 5.32 Å². The van der Waals surface area contributed by atoms with Crippen molar-refractivity contribution in [2.45, 2.75) is 0 Å². The molecule has 0 radical (unpaired) electrons. The average Bonchev–Trinajstić information content (AvgIpc) is 2.98. The van der Waals surface area contributed by atoms with Crippen LogP contribution in [0.1, 0.15) is 5.82 Å². The Bertz CT molecular complexity index is 780. The zero-order valence-electron chi connectivity index (χ0n) is 11.3.